The maximum Gasteiger partial charge on any atom is 0.231 e. The number of rotatable bonds is 4. The van der Waals surface area contributed by atoms with Crippen molar-refractivity contribution in [3.63, 3.8) is 0 Å². The molecule has 0 spiro atoms. The van der Waals surface area contributed by atoms with Crippen molar-refractivity contribution in [3.8, 4) is 0 Å². The van der Waals surface area contributed by atoms with E-state index in [1.807, 2.05) is 18.5 Å². The average molecular weight is 269 g/mol. The first-order valence-electron chi connectivity index (χ1n) is 7.04. The van der Waals surface area contributed by atoms with Crippen LogP contribution in [0.4, 0.5) is 0 Å². The van der Waals surface area contributed by atoms with Crippen LogP contribution in [0.3, 0.4) is 0 Å². The van der Waals surface area contributed by atoms with Crippen LogP contribution in [0, 0.1) is 5.92 Å². The van der Waals surface area contributed by atoms with E-state index in [0.29, 0.717) is 12.5 Å². The highest BCUT2D eigenvalue weighted by molar-refractivity contribution is 5.84. The molecule has 2 N–H and O–H groups in total. The number of hydrogen-bond donors (Lipinski definition) is 1. The minimum absolute atomic E-state index is 0.238. The summed E-state index contributed by atoms with van der Waals surface area (Å²) in [5, 5.41) is 2.48. The molecule has 4 heteroatoms. The van der Waals surface area contributed by atoms with Crippen molar-refractivity contribution in [2.45, 2.75) is 12.8 Å². The van der Waals surface area contributed by atoms with Gasteiger partial charge in [0.25, 0.3) is 0 Å². The molecule has 1 saturated heterocycles. The normalized spacial score (nSPS) is 19.5. The number of carbonyl (C=O) groups excluding carboxylic acids is 1. The summed E-state index contributed by atoms with van der Waals surface area (Å²) in [6.07, 6.45) is 6.02. The maximum absolute atomic E-state index is 11.0. The molecule has 1 unspecified atom stereocenters. The summed E-state index contributed by atoms with van der Waals surface area (Å²) in [4.78, 5) is 17.4. The van der Waals surface area contributed by atoms with Crippen LogP contribution in [-0.4, -0.2) is 35.4 Å². The Labute approximate surface area is 118 Å². The zero-order valence-electron chi connectivity index (χ0n) is 11.5. The summed E-state index contributed by atoms with van der Waals surface area (Å²) >= 11 is 0. The summed E-state index contributed by atoms with van der Waals surface area (Å²) in [7, 11) is 0. The van der Waals surface area contributed by atoms with E-state index in [0.717, 1.165) is 25.9 Å². The number of carbonyl (C=O) groups is 1. The Morgan fingerprint density at radius 3 is 3.05 bits per heavy atom. The van der Waals surface area contributed by atoms with Gasteiger partial charge in [-0.3, -0.25) is 14.7 Å². The van der Waals surface area contributed by atoms with Gasteiger partial charge in [-0.2, -0.15) is 0 Å². The van der Waals surface area contributed by atoms with Crippen LogP contribution in [0.15, 0.2) is 36.7 Å². The van der Waals surface area contributed by atoms with Crippen LogP contribution in [-0.2, 0) is 11.2 Å². The van der Waals surface area contributed by atoms with Crippen LogP contribution >= 0.6 is 0 Å². The number of fused-ring (bicyclic) bond motifs is 1. The zero-order chi connectivity index (χ0) is 13.9. The fourth-order valence-corrected chi connectivity index (χ4v) is 3.10. The van der Waals surface area contributed by atoms with Gasteiger partial charge in [0.05, 0.1) is 6.54 Å². The molecule has 4 nitrogen and oxygen atoms in total. The van der Waals surface area contributed by atoms with Crippen LogP contribution in [0.25, 0.3) is 10.8 Å². The standard InChI is InChI=1S/C16H19N3O/c17-16(20)11-19-6-5-12(10-19)7-14-9-18-8-13-3-1-2-4-15(13)14/h1-4,8-9,12H,5-7,10-11H2,(H2,17,20). The number of nitrogens with zero attached hydrogens (tertiary/aromatic N) is 2. The molecule has 0 radical (unpaired) electrons. The summed E-state index contributed by atoms with van der Waals surface area (Å²) < 4.78 is 0. The molecule has 1 aromatic heterocycles. The Bertz CT molecular complexity index is 621. The zero-order valence-corrected chi connectivity index (χ0v) is 11.5. The van der Waals surface area contributed by atoms with Gasteiger partial charge in [-0.05, 0) is 36.3 Å². The molecule has 1 aliphatic heterocycles. The molecule has 20 heavy (non-hydrogen) atoms. The summed E-state index contributed by atoms with van der Waals surface area (Å²) in [5.41, 5.74) is 6.55. The Hall–Kier alpha value is -1.94. The number of pyridine rings is 1. The second-order valence-corrected chi connectivity index (χ2v) is 5.58. The minimum Gasteiger partial charge on any atom is -0.369 e. The van der Waals surface area contributed by atoms with Crippen molar-refractivity contribution in [2.75, 3.05) is 19.6 Å². The number of amides is 1. The van der Waals surface area contributed by atoms with Crippen molar-refractivity contribution in [1.82, 2.24) is 9.88 Å². The quantitative estimate of drug-likeness (QED) is 0.917. The minimum atomic E-state index is -0.238. The fraction of sp³-hybridized carbons (Fsp3) is 0.375. The molecule has 0 aliphatic carbocycles. The predicted molar refractivity (Wildman–Crippen MR) is 79.2 cm³/mol. The number of nitrogens with two attached hydrogens (primary N) is 1. The van der Waals surface area contributed by atoms with Crippen molar-refractivity contribution in [1.29, 1.82) is 0 Å². The summed E-state index contributed by atoms with van der Waals surface area (Å²) in [5.74, 6) is 0.347. The average Bonchev–Trinajstić information content (AvgIpc) is 2.86. The lowest BCUT2D eigenvalue weighted by Gasteiger charge is -2.14. The predicted octanol–water partition coefficient (Wildman–Crippen LogP) is 1.58. The van der Waals surface area contributed by atoms with Gasteiger partial charge in [0.2, 0.25) is 5.91 Å². The van der Waals surface area contributed by atoms with E-state index in [-0.39, 0.29) is 5.91 Å². The summed E-state index contributed by atoms with van der Waals surface area (Å²) in [6.45, 7) is 2.29. The molecule has 1 atom stereocenters. The fourth-order valence-electron chi connectivity index (χ4n) is 3.10. The number of hydrogen-bond acceptors (Lipinski definition) is 3. The van der Waals surface area contributed by atoms with Gasteiger partial charge in [0.1, 0.15) is 0 Å². The highest BCUT2D eigenvalue weighted by atomic mass is 16.1. The lowest BCUT2D eigenvalue weighted by Crippen LogP contribution is -2.32. The molecule has 0 bridgehead atoms. The Morgan fingerprint density at radius 1 is 1.35 bits per heavy atom. The van der Waals surface area contributed by atoms with Crippen molar-refractivity contribution in [3.05, 3.63) is 42.2 Å². The molecule has 1 fully saturated rings. The van der Waals surface area contributed by atoms with Crippen LogP contribution in [0.2, 0.25) is 0 Å². The molecule has 2 heterocycles. The van der Waals surface area contributed by atoms with Gasteiger partial charge in [-0.1, -0.05) is 24.3 Å². The third kappa shape index (κ3) is 2.80. The first-order chi connectivity index (χ1) is 9.72. The number of aromatic nitrogens is 1. The van der Waals surface area contributed by atoms with Gasteiger partial charge in [0.15, 0.2) is 0 Å². The number of likely N-dealkylation sites (tertiary alicyclic amines) is 1. The van der Waals surface area contributed by atoms with E-state index >= 15 is 0 Å². The smallest absolute Gasteiger partial charge is 0.231 e. The third-order valence-corrected chi connectivity index (χ3v) is 4.01. The van der Waals surface area contributed by atoms with Gasteiger partial charge < -0.3 is 5.73 Å². The first-order valence-corrected chi connectivity index (χ1v) is 7.04. The highest BCUT2D eigenvalue weighted by Crippen LogP contribution is 2.24. The lowest BCUT2D eigenvalue weighted by atomic mass is 9.96. The maximum atomic E-state index is 11.0. The van der Waals surface area contributed by atoms with E-state index in [2.05, 4.69) is 28.1 Å². The van der Waals surface area contributed by atoms with Gasteiger partial charge in [0, 0.05) is 24.3 Å². The molecule has 1 amide bonds. The SMILES string of the molecule is NC(=O)CN1CCC(Cc2cncc3ccccc23)C1. The second kappa shape index (κ2) is 5.59. The van der Waals surface area contributed by atoms with Gasteiger partial charge in [-0.25, -0.2) is 0 Å². The monoisotopic (exact) mass is 269 g/mol. The third-order valence-electron chi connectivity index (χ3n) is 4.01. The van der Waals surface area contributed by atoms with E-state index in [9.17, 15) is 4.79 Å². The second-order valence-electron chi connectivity index (χ2n) is 5.58. The molecule has 1 aliphatic rings. The van der Waals surface area contributed by atoms with Gasteiger partial charge >= 0.3 is 0 Å². The first kappa shape index (κ1) is 13.1. The molecule has 2 aromatic rings. The molecule has 104 valence electrons. The molecular formula is C16H19N3O. The van der Waals surface area contributed by atoms with E-state index < -0.39 is 0 Å². The van der Waals surface area contributed by atoms with Crippen LogP contribution in [0.1, 0.15) is 12.0 Å². The largest absolute Gasteiger partial charge is 0.369 e. The number of primary amides is 1. The molecule has 0 saturated carbocycles. The Morgan fingerprint density at radius 2 is 2.20 bits per heavy atom. The molecule has 3 rings (SSSR count). The van der Waals surface area contributed by atoms with Crippen LogP contribution in [0.5, 0.6) is 0 Å². The van der Waals surface area contributed by atoms with Crippen molar-refractivity contribution < 1.29 is 4.79 Å². The van der Waals surface area contributed by atoms with Crippen molar-refractivity contribution >= 4 is 16.7 Å². The lowest BCUT2D eigenvalue weighted by molar-refractivity contribution is -0.118. The topological polar surface area (TPSA) is 59.2 Å². The summed E-state index contributed by atoms with van der Waals surface area (Å²) in [6, 6.07) is 8.36. The highest BCUT2D eigenvalue weighted by Gasteiger charge is 2.24. The van der Waals surface area contributed by atoms with Gasteiger partial charge in [-0.15, -0.1) is 0 Å². The molecule has 1 aromatic carbocycles. The Kier molecular flexibility index (Phi) is 3.65. The van der Waals surface area contributed by atoms with E-state index in [4.69, 9.17) is 5.73 Å². The molecular weight excluding hydrogens is 250 g/mol. The van der Waals surface area contributed by atoms with Crippen LogP contribution < -0.4 is 5.73 Å². The van der Waals surface area contributed by atoms with Crippen molar-refractivity contribution in [2.24, 2.45) is 11.7 Å². The van der Waals surface area contributed by atoms with E-state index in [1.165, 1.54) is 16.3 Å². The Balaban J connectivity index is 1.73. The number of benzene rings is 1. The van der Waals surface area contributed by atoms with E-state index in [1.54, 1.807) is 0 Å².